The molecule has 0 aromatic heterocycles. The summed E-state index contributed by atoms with van der Waals surface area (Å²) in [4.78, 5) is 0. The van der Waals surface area contributed by atoms with Crippen molar-refractivity contribution in [1.82, 2.24) is 0 Å². The first-order chi connectivity index (χ1) is 8.84. The van der Waals surface area contributed by atoms with E-state index in [2.05, 4.69) is 61.5 Å². The lowest BCUT2D eigenvalue weighted by atomic mass is 9.95. The summed E-state index contributed by atoms with van der Waals surface area (Å²) in [6.07, 6.45) is 1.08. The van der Waals surface area contributed by atoms with Gasteiger partial charge in [-0.25, -0.2) is 0 Å². The van der Waals surface area contributed by atoms with Gasteiger partial charge in [-0.3, -0.25) is 0 Å². The zero-order valence-corrected chi connectivity index (χ0v) is 10.4. The summed E-state index contributed by atoms with van der Waals surface area (Å²) >= 11 is 0. The average Bonchev–Trinajstić information content (AvgIpc) is 2.77. The second kappa shape index (κ2) is 3.46. The number of benzene rings is 3. The molecule has 0 unspecified atom stereocenters. The van der Waals surface area contributed by atoms with Crippen LogP contribution in [0.2, 0.25) is 0 Å². The fraction of sp³-hybridized carbons (Fsp3) is 0.111. The third-order valence-electron chi connectivity index (χ3n) is 4.01. The van der Waals surface area contributed by atoms with E-state index in [-0.39, 0.29) is 0 Å². The molecule has 18 heavy (non-hydrogen) atoms. The largest absolute Gasteiger partial charge is 0.0619 e. The molecule has 0 bridgehead atoms. The van der Waals surface area contributed by atoms with Gasteiger partial charge >= 0.3 is 0 Å². The zero-order valence-electron chi connectivity index (χ0n) is 10.4. The van der Waals surface area contributed by atoms with Gasteiger partial charge in [-0.15, -0.1) is 0 Å². The maximum Gasteiger partial charge on any atom is -0.00132 e. The third-order valence-corrected chi connectivity index (χ3v) is 4.01. The lowest BCUT2D eigenvalue weighted by molar-refractivity contribution is 1.27. The SMILES string of the molecule is Cc1cccc2ccc3c(c12)-c1ccccc1C3. The van der Waals surface area contributed by atoms with Crippen molar-refractivity contribution < 1.29 is 0 Å². The van der Waals surface area contributed by atoms with Gasteiger partial charge < -0.3 is 0 Å². The topological polar surface area (TPSA) is 0 Å². The molecule has 3 aromatic rings. The van der Waals surface area contributed by atoms with E-state index in [0.717, 1.165) is 6.42 Å². The lowest BCUT2D eigenvalue weighted by Crippen LogP contribution is -1.85. The molecule has 0 radical (unpaired) electrons. The van der Waals surface area contributed by atoms with Gasteiger partial charge in [0.1, 0.15) is 0 Å². The fourth-order valence-corrected chi connectivity index (χ4v) is 3.18. The van der Waals surface area contributed by atoms with E-state index in [1.54, 1.807) is 0 Å². The molecular formula is C18H14. The molecule has 0 saturated carbocycles. The quantitative estimate of drug-likeness (QED) is 0.410. The predicted octanol–water partition coefficient (Wildman–Crippen LogP) is 4.72. The Morgan fingerprint density at radius 1 is 0.778 bits per heavy atom. The van der Waals surface area contributed by atoms with E-state index in [0.29, 0.717) is 0 Å². The van der Waals surface area contributed by atoms with Crippen LogP contribution in [0.25, 0.3) is 21.9 Å². The highest BCUT2D eigenvalue weighted by Crippen LogP contribution is 2.42. The first-order valence-corrected chi connectivity index (χ1v) is 6.44. The molecule has 0 saturated heterocycles. The van der Waals surface area contributed by atoms with Gasteiger partial charge in [-0.1, -0.05) is 54.6 Å². The van der Waals surface area contributed by atoms with Crippen LogP contribution in [0.3, 0.4) is 0 Å². The second-order valence-electron chi connectivity index (χ2n) is 5.11. The Labute approximate surface area is 107 Å². The molecule has 0 N–H and O–H groups in total. The van der Waals surface area contributed by atoms with E-state index in [1.165, 1.54) is 38.6 Å². The Kier molecular flexibility index (Phi) is 1.90. The molecule has 0 atom stereocenters. The summed E-state index contributed by atoms with van der Waals surface area (Å²) in [6, 6.07) is 19.9. The van der Waals surface area contributed by atoms with Gasteiger partial charge in [0, 0.05) is 0 Å². The van der Waals surface area contributed by atoms with E-state index in [1.807, 2.05) is 0 Å². The molecule has 86 valence electrons. The third kappa shape index (κ3) is 1.20. The smallest absolute Gasteiger partial charge is 0.00132 e. The molecule has 1 aliphatic carbocycles. The highest BCUT2D eigenvalue weighted by Gasteiger charge is 2.20. The minimum absolute atomic E-state index is 1.08. The monoisotopic (exact) mass is 230 g/mol. The minimum Gasteiger partial charge on any atom is -0.0619 e. The highest BCUT2D eigenvalue weighted by atomic mass is 14.2. The summed E-state index contributed by atoms with van der Waals surface area (Å²) in [5, 5.41) is 2.78. The van der Waals surface area contributed by atoms with Gasteiger partial charge in [-0.05, 0) is 51.9 Å². The van der Waals surface area contributed by atoms with Gasteiger partial charge in [0.15, 0.2) is 0 Å². The number of hydrogen-bond acceptors (Lipinski definition) is 0. The molecule has 0 spiro atoms. The molecule has 4 rings (SSSR count). The molecule has 3 aromatic carbocycles. The van der Waals surface area contributed by atoms with Crippen molar-refractivity contribution in [2.45, 2.75) is 13.3 Å². The van der Waals surface area contributed by atoms with Crippen molar-refractivity contribution in [3.63, 3.8) is 0 Å². The number of rotatable bonds is 0. The number of fused-ring (bicyclic) bond motifs is 5. The average molecular weight is 230 g/mol. The van der Waals surface area contributed by atoms with Gasteiger partial charge in [-0.2, -0.15) is 0 Å². The molecule has 0 aliphatic heterocycles. The van der Waals surface area contributed by atoms with Crippen molar-refractivity contribution >= 4 is 10.8 Å². The molecule has 0 heteroatoms. The van der Waals surface area contributed by atoms with Crippen LogP contribution in [0.1, 0.15) is 16.7 Å². The Hall–Kier alpha value is -2.08. The Morgan fingerprint density at radius 2 is 1.67 bits per heavy atom. The molecule has 0 amide bonds. The van der Waals surface area contributed by atoms with E-state index >= 15 is 0 Å². The van der Waals surface area contributed by atoms with Crippen LogP contribution in [0.15, 0.2) is 54.6 Å². The van der Waals surface area contributed by atoms with Crippen LogP contribution >= 0.6 is 0 Å². The molecule has 0 nitrogen and oxygen atoms in total. The van der Waals surface area contributed by atoms with Crippen molar-refractivity contribution in [1.29, 1.82) is 0 Å². The first-order valence-electron chi connectivity index (χ1n) is 6.44. The first kappa shape index (κ1) is 9.90. The summed E-state index contributed by atoms with van der Waals surface area (Å²) in [6.45, 7) is 2.21. The summed E-state index contributed by atoms with van der Waals surface area (Å²) < 4.78 is 0. The van der Waals surface area contributed by atoms with Crippen molar-refractivity contribution in [3.05, 3.63) is 71.3 Å². The molecule has 0 fully saturated rings. The minimum atomic E-state index is 1.08. The maximum absolute atomic E-state index is 2.29. The van der Waals surface area contributed by atoms with Crippen LogP contribution in [-0.4, -0.2) is 0 Å². The molecule has 1 aliphatic rings. The van der Waals surface area contributed by atoms with Crippen LogP contribution in [0.5, 0.6) is 0 Å². The Morgan fingerprint density at radius 3 is 2.61 bits per heavy atom. The Bertz CT molecular complexity index is 766. The molecular weight excluding hydrogens is 216 g/mol. The predicted molar refractivity (Wildman–Crippen MR) is 76.9 cm³/mol. The zero-order chi connectivity index (χ0) is 12.1. The summed E-state index contributed by atoms with van der Waals surface area (Å²) in [5.74, 6) is 0. The van der Waals surface area contributed by atoms with E-state index < -0.39 is 0 Å². The fourth-order valence-electron chi connectivity index (χ4n) is 3.18. The second-order valence-corrected chi connectivity index (χ2v) is 5.11. The maximum atomic E-state index is 2.29. The van der Waals surface area contributed by atoms with Gasteiger partial charge in [0.25, 0.3) is 0 Å². The van der Waals surface area contributed by atoms with Crippen molar-refractivity contribution in [2.24, 2.45) is 0 Å². The van der Waals surface area contributed by atoms with Gasteiger partial charge in [0.05, 0.1) is 0 Å². The highest BCUT2D eigenvalue weighted by molar-refractivity contribution is 6.02. The lowest BCUT2D eigenvalue weighted by Gasteiger charge is -2.09. The van der Waals surface area contributed by atoms with Crippen molar-refractivity contribution in [3.8, 4) is 11.1 Å². The number of hydrogen-bond donors (Lipinski definition) is 0. The normalized spacial score (nSPS) is 12.5. The van der Waals surface area contributed by atoms with Crippen LogP contribution in [0.4, 0.5) is 0 Å². The van der Waals surface area contributed by atoms with Gasteiger partial charge in [0.2, 0.25) is 0 Å². The Balaban J connectivity index is 2.20. The standard InChI is InChI=1S/C18H14/c1-12-5-4-7-13-9-10-15-11-14-6-2-3-8-16(14)18(15)17(12)13/h2-10H,11H2,1H3. The van der Waals surface area contributed by atoms with E-state index in [9.17, 15) is 0 Å². The van der Waals surface area contributed by atoms with E-state index in [4.69, 9.17) is 0 Å². The van der Waals surface area contributed by atoms with Crippen LogP contribution in [-0.2, 0) is 6.42 Å². The van der Waals surface area contributed by atoms with Crippen molar-refractivity contribution in [2.75, 3.05) is 0 Å². The summed E-state index contributed by atoms with van der Waals surface area (Å²) in [5.41, 5.74) is 7.19. The van der Waals surface area contributed by atoms with Crippen LogP contribution < -0.4 is 0 Å². The molecule has 0 heterocycles. The number of aryl methyl sites for hydroxylation is 1. The van der Waals surface area contributed by atoms with Crippen LogP contribution in [0, 0.1) is 6.92 Å². The summed E-state index contributed by atoms with van der Waals surface area (Å²) in [7, 11) is 0.